The lowest BCUT2D eigenvalue weighted by Gasteiger charge is -2.23. The van der Waals surface area contributed by atoms with Crippen molar-refractivity contribution in [2.75, 3.05) is 32.7 Å². The molecule has 1 aromatic rings. The molecule has 1 atom stereocenters. The average Bonchev–Trinajstić information content (AvgIpc) is 3.09. The first-order valence-corrected chi connectivity index (χ1v) is 8.27. The molecule has 0 saturated carbocycles. The fourth-order valence-electron chi connectivity index (χ4n) is 3.29. The van der Waals surface area contributed by atoms with Gasteiger partial charge in [-0.15, -0.1) is 0 Å². The number of carbonyl (C=O) groups is 1. The smallest absolute Gasteiger partial charge is 0.176 e. The second kappa shape index (κ2) is 6.37. The highest BCUT2D eigenvalue weighted by Gasteiger charge is 2.29. The van der Waals surface area contributed by atoms with Crippen molar-refractivity contribution in [1.82, 2.24) is 9.80 Å². The fraction of sp³-hybridized carbons (Fsp3) is 0.562. The van der Waals surface area contributed by atoms with Crippen LogP contribution in [0.25, 0.3) is 0 Å². The van der Waals surface area contributed by atoms with E-state index in [1.165, 1.54) is 32.4 Å². The van der Waals surface area contributed by atoms with Crippen molar-refractivity contribution in [1.29, 1.82) is 0 Å². The Morgan fingerprint density at radius 3 is 2.55 bits per heavy atom. The van der Waals surface area contributed by atoms with Crippen LogP contribution in [0.4, 0.5) is 0 Å². The number of benzene rings is 1. The summed E-state index contributed by atoms with van der Waals surface area (Å²) in [5, 5.41) is 0. The molecule has 0 aliphatic carbocycles. The van der Waals surface area contributed by atoms with Crippen LogP contribution in [-0.2, 0) is 0 Å². The molecule has 1 unspecified atom stereocenters. The maximum atomic E-state index is 12.3. The van der Waals surface area contributed by atoms with Crippen molar-refractivity contribution < 1.29 is 4.79 Å². The summed E-state index contributed by atoms with van der Waals surface area (Å²) >= 11 is 3.40. The Morgan fingerprint density at radius 2 is 1.85 bits per heavy atom. The van der Waals surface area contributed by atoms with Gasteiger partial charge in [-0.05, 0) is 44.5 Å². The van der Waals surface area contributed by atoms with E-state index in [1.807, 2.05) is 24.3 Å². The van der Waals surface area contributed by atoms with Gasteiger partial charge in [-0.1, -0.05) is 28.1 Å². The quantitative estimate of drug-likeness (QED) is 0.790. The molecule has 20 heavy (non-hydrogen) atoms. The number of likely N-dealkylation sites (tertiary alicyclic amines) is 2. The van der Waals surface area contributed by atoms with Crippen molar-refractivity contribution in [3.63, 3.8) is 0 Å². The third-order valence-electron chi connectivity index (χ3n) is 4.44. The van der Waals surface area contributed by atoms with Crippen molar-refractivity contribution in [2.45, 2.75) is 25.3 Å². The Labute approximate surface area is 129 Å². The standard InChI is InChI=1S/C16H21BrN2O/c17-14-5-3-13(4-6-14)16(20)12-18-10-7-15(11-18)19-8-1-2-9-19/h3-6,15H,1-2,7-12H2. The molecule has 4 heteroatoms. The first kappa shape index (κ1) is 14.2. The van der Waals surface area contributed by atoms with Gasteiger partial charge in [-0.2, -0.15) is 0 Å². The summed E-state index contributed by atoms with van der Waals surface area (Å²) in [5.41, 5.74) is 0.817. The molecule has 2 aliphatic heterocycles. The number of carbonyl (C=O) groups excluding carboxylic acids is 1. The van der Waals surface area contributed by atoms with Crippen LogP contribution in [0.3, 0.4) is 0 Å². The van der Waals surface area contributed by atoms with Gasteiger partial charge in [0.2, 0.25) is 0 Å². The summed E-state index contributed by atoms with van der Waals surface area (Å²) in [6.45, 7) is 5.18. The zero-order valence-corrected chi connectivity index (χ0v) is 13.3. The van der Waals surface area contributed by atoms with Crippen LogP contribution in [0, 0.1) is 0 Å². The van der Waals surface area contributed by atoms with E-state index in [-0.39, 0.29) is 5.78 Å². The van der Waals surface area contributed by atoms with Crippen LogP contribution in [0.2, 0.25) is 0 Å². The van der Waals surface area contributed by atoms with E-state index >= 15 is 0 Å². The fourth-order valence-corrected chi connectivity index (χ4v) is 3.56. The molecular weight excluding hydrogens is 316 g/mol. The maximum Gasteiger partial charge on any atom is 0.176 e. The summed E-state index contributed by atoms with van der Waals surface area (Å²) in [6.07, 6.45) is 3.90. The van der Waals surface area contributed by atoms with Crippen molar-refractivity contribution >= 4 is 21.7 Å². The predicted molar refractivity (Wildman–Crippen MR) is 84.1 cm³/mol. The largest absolute Gasteiger partial charge is 0.299 e. The minimum atomic E-state index is 0.236. The van der Waals surface area contributed by atoms with Crippen molar-refractivity contribution in [2.24, 2.45) is 0 Å². The molecule has 2 aliphatic rings. The second-order valence-electron chi connectivity index (χ2n) is 5.85. The van der Waals surface area contributed by atoms with Crippen LogP contribution < -0.4 is 0 Å². The summed E-state index contributed by atoms with van der Waals surface area (Å²) in [5.74, 6) is 0.236. The van der Waals surface area contributed by atoms with E-state index in [4.69, 9.17) is 0 Å². The highest BCUT2D eigenvalue weighted by molar-refractivity contribution is 9.10. The lowest BCUT2D eigenvalue weighted by Crippen LogP contribution is -2.36. The molecule has 3 rings (SSSR count). The van der Waals surface area contributed by atoms with Gasteiger partial charge in [0, 0.05) is 29.2 Å². The molecule has 0 aromatic heterocycles. The van der Waals surface area contributed by atoms with Gasteiger partial charge in [0.15, 0.2) is 5.78 Å². The van der Waals surface area contributed by atoms with E-state index in [0.717, 1.165) is 23.1 Å². The highest BCUT2D eigenvalue weighted by Crippen LogP contribution is 2.20. The molecule has 0 spiro atoms. The molecule has 108 valence electrons. The molecule has 2 fully saturated rings. The topological polar surface area (TPSA) is 23.6 Å². The number of hydrogen-bond donors (Lipinski definition) is 0. The number of nitrogens with zero attached hydrogens (tertiary/aromatic N) is 2. The SMILES string of the molecule is O=C(CN1CCC(N2CCCC2)C1)c1ccc(Br)cc1. The van der Waals surface area contributed by atoms with Crippen LogP contribution in [0.1, 0.15) is 29.6 Å². The molecule has 2 saturated heterocycles. The van der Waals surface area contributed by atoms with Crippen LogP contribution >= 0.6 is 15.9 Å². The average molecular weight is 337 g/mol. The number of hydrogen-bond acceptors (Lipinski definition) is 3. The van der Waals surface area contributed by atoms with Gasteiger partial charge in [0.25, 0.3) is 0 Å². The summed E-state index contributed by atoms with van der Waals surface area (Å²) in [4.78, 5) is 17.2. The van der Waals surface area contributed by atoms with Crippen LogP contribution in [-0.4, -0.2) is 54.3 Å². The number of ketones is 1. The molecule has 2 heterocycles. The number of rotatable bonds is 4. The van der Waals surface area contributed by atoms with Crippen LogP contribution in [0.5, 0.6) is 0 Å². The Balaban J connectivity index is 1.53. The van der Waals surface area contributed by atoms with Crippen molar-refractivity contribution in [3.8, 4) is 0 Å². The molecule has 0 N–H and O–H groups in total. The van der Waals surface area contributed by atoms with Gasteiger partial charge in [-0.3, -0.25) is 14.6 Å². The molecule has 1 aromatic carbocycles. The molecule has 0 bridgehead atoms. The lowest BCUT2D eigenvalue weighted by atomic mass is 10.1. The third-order valence-corrected chi connectivity index (χ3v) is 4.97. The zero-order valence-electron chi connectivity index (χ0n) is 11.7. The number of halogens is 1. The minimum Gasteiger partial charge on any atom is -0.299 e. The monoisotopic (exact) mass is 336 g/mol. The van der Waals surface area contributed by atoms with E-state index in [9.17, 15) is 4.79 Å². The van der Waals surface area contributed by atoms with E-state index in [0.29, 0.717) is 12.6 Å². The predicted octanol–water partition coefficient (Wildman–Crippen LogP) is 2.80. The van der Waals surface area contributed by atoms with Gasteiger partial charge in [0.05, 0.1) is 6.54 Å². The summed E-state index contributed by atoms with van der Waals surface area (Å²) in [7, 11) is 0. The second-order valence-corrected chi connectivity index (χ2v) is 6.77. The van der Waals surface area contributed by atoms with E-state index in [1.54, 1.807) is 0 Å². The van der Waals surface area contributed by atoms with Gasteiger partial charge in [0.1, 0.15) is 0 Å². The maximum absolute atomic E-state index is 12.3. The minimum absolute atomic E-state index is 0.236. The summed E-state index contributed by atoms with van der Waals surface area (Å²) < 4.78 is 1.02. The summed E-state index contributed by atoms with van der Waals surface area (Å²) in [6, 6.07) is 8.35. The molecule has 3 nitrogen and oxygen atoms in total. The molecule has 0 radical (unpaired) electrons. The first-order chi connectivity index (χ1) is 9.72. The Kier molecular flexibility index (Phi) is 4.54. The van der Waals surface area contributed by atoms with Gasteiger partial charge in [-0.25, -0.2) is 0 Å². The molecule has 0 amide bonds. The van der Waals surface area contributed by atoms with E-state index < -0.39 is 0 Å². The first-order valence-electron chi connectivity index (χ1n) is 7.47. The molecular formula is C16H21BrN2O. The zero-order chi connectivity index (χ0) is 13.9. The lowest BCUT2D eigenvalue weighted by molar-refractivity contribution is 0.0940. The Hall–Kier alpha value is -0.710. The normalized spacial score (nSPS) is 24.4. The highest BCUT2D eigenvalue weighted by atomic mass is 79.9. The van der Waals surface area contributed by atoms with Crippen LogP contribution in [0.15, 0.2) is 28.7 Å². The third kappa shape index (κ3) is 3.30. The Morgan fingerprint density at radius 1 is 1.15 bits per heavy atom. The van der Waals surface area contributed by atoms with Crippen molar-refractivity contribution in [3.05, 3.63) is 34.3 Å². The Bertz CT molecular complexity index is 468. The van der Waals surface area contributed by atoms with Gasteiger partial charge < -0.3 is 0 Å². The number of Topliss-reactive ketones (excluding diaryl/α,β-unsaturated/α-hetero) is 1. The van der Waals surface area contributed by atoms with Gasteiger partial charge >= 0.3 is 0 Å². The van der Waals surface area contributed by atoms with E-state index in [2.05, 4.69) is 25.7 Å².